The number of carbonyl (C=O) groups excluding carboxylic acids is 5. The Labute approximate surface area is 348 Å². The summed E-state index contributed by atoms with van der Waals surface area (Å²) in [6.45, 7) is 11.6. The maximum atomic E-state index is 15.4. The number of rotatable bonds is 15. The molecule has 0 aromatic heterocycles. The van der Waals surface area contributed by atoms with Gasteiger partial charge in [-0.15, -0.1) is 6.58 Å². The number of Topliss-reactive ketones (excluding diaryl/α,β-unsaturated/α-hetero) is 2. The highest BCUT2D eigenvalue weighted by Gasteiger charge is 2.85. The van der Waals surface area contributed by atoms with E-state index in [-0.39, 0.29) is 77.6 Å². The van der Waals surface area contributed by atoms with Crippen molar-refractivity contribution in [2.45, 2.75) is 174 Å². The Morgan fingerprint density at radius 1 is 0.947 bits per heavy atom. The SMILES string of the molecule is [2H]C([2H])(C)N1CCC[C@H]1C(=O)N[C@H](C(=O)C[C@H](C(=O)N1C[C@]2(C[C@H]1C(=O)C[C@]1(C(=O)NS(=O)(=O)C3(C([2H])([2H])[2H])CC3)C[C@H]1C=C)C(C)(C)C21CCC1)C(C)(C)C)C1CCCCC1. The van der Waals surface area contributed by atoms with E-state index in [2.05, 4.69) is 30.5 Å². The van der Waals surface area contributed by atoms with Gasteiger partial charge in [0.2, 0.25) is 27.7 Å². The smallest absolute Gasteiger partial charge is 0.240 e. The van der Waals surface area contributed by atoms with E-state index < -0.39 is 74.8 Å². The molecule has 2 N–H and O–H groups in total. The third kappa shape index (κ3) is 6.86. The van der Waals surface area contributed by atoms with E-state index in [4.69, 9.17) is 6.85 Å². The third-order valence-corrected chi connectivity index (χ3v) is 18.5. The molecule has 2 spiro atoms. The van der Waals surface area contributed by atoms with Gasteiger partial charge in [-0.05, 0) is 112 Å². The predicted molar refractivity (Wildman–Crippen MR) is 219 cm³/mol. The summed E-state index contributed by atoms with van der Waals surface area (Å²) in [6.07, 6.45) is 9.79. The van der Waals surface area contributed by atoms with Gasteiger partial charge in [-0.1, -0.05) is 73.3 Å². The topological polar surface area (TPSA) is 150 Å². The standard InChI is InChI=1S/C45H70N4O7S/c1-9-30-25-43(30,39(54)47-57(55,56)42(8)21-22-42)27-35(51)33-26-45(41(6,7)44(45)19-15-20-44)28-49(33)38(53)31(40(3,4)5)24-34(50)36(29-16-12-11-13-17-29)46-37(52)32-18-14-23-48(32)10-2/h9,29-33,36H,1,10-28H2,2-8H3,(H,46,52)(H,47,54)/t30-,31-,32+,33+,36+,43-,45-/m1/s1/i8D3,10D2. The molecule has 2 heterocycles. The molecule has 0 aromatic rings. The van der Waals surface area contributed by atoms with Crippen LogP contribution in [0.2, 0.25) is 0 Å². The Bertz CT molecular complexity index is 1980. The molecule has 0 bridgehead atoms. The van der Waals surface area contributed by atoms with E-state index in [1.807, 2.05) is 20.8 Å². The zero-order valence-corrected chi connectivity index (χ0v) is 36.0. The van der Waals surface area contributed by atoms with Gasteiger partial charge in [0.15, 0.2) is 11.6 Å². The van der Waals surface area contributed by atoms with E-state index in [9.17, 15) is 27.6 Å². The molecular weight excluding hydrogens is 741 g/mol. The number of allylic oxidation sites excluding steroid dienone is 1. The fourth-order valence-electron chi connectivity index (χ4n) is 12.2. The first-order valence-electron chi connectivity index (χ1n) is 24.2. The lowest BCUT2D eigenvalue weighted by Gasteiger charge is -2.37. The van der Waals surface area contributed by atoms with Crippen molar-refractivity contribution in [1.82, 2.24) is 19.8 Å². The quantitative estimate of drug-likeness (QED) is 0.188. The molecule has 318 valence electrons. The van der Waals surface area contributed by atoms with Crippen LogP contribution in [0.15, 0.2) is 12.7 Å². The van der Waals surface area contributed by atoms with E-state index in [0.29, 0.717) is 32.4 Å². The molecular formula is C45H70N4O7S. The first-order chi connectivity index (χ1) is 28.6. The average molecular weight is 816 g/mol. The van der Waals surface area contributed by atoms with E-state index >= 15 is 4.79 Å². The monoisotopic (exact) mass is 816 g/mol. The lowest BCUT2D eigenvalue weighted by molar-refractivity contribution is -0.147. The molecule has 0 aromatic carbocycles. The molecule has 7 aliphatic rings. The van der Waals surface area contributed by atoms with Crippen LogP contribution in [-0.4, -0.2) is 90.0 Å². The highest BCUT2D eigenvalue weighted by molar-refractivity contribution is 7.91. The highest BCUT2D eigenvalue weighted by Crippen LogP contribution is 2.88. The molecule has 0 radical (unpaired) electrons. The number of hydrogen-bond donors (Lipinski definition) is 2. The molecule has 2 aliphatic heterocycles. The largest absolute Gasteiger partial charge is 0.345 e. The molecule has 57 heavy (non-hydrogen) atoms. The fraction of sp³-hybridized carbons (Fsp3) is 0.844. The molecule has 0 unspecified atom stereocenters. The molecule has 5 aliphatic carbocycles. The van der Waals surface area contributed by atoms with Crippen LogP contribution in [0.3, 0.4) is 0 Å². The average Bonchev–Trinajstić information content (AvgIpc) is 4.06. The lowest BCUT2D eigenvalue weighted by atomic mass is 9.73. The van der Waals surface area contributed by atoms with E-state index in [0.717, 1.165) is 51.4 Å². The number of likely N-dealkylation sites (N-methyl/N-ethyl adjacent to an activating group) is 1. The van der Waals surface area contributed by atoms with Gasteiger partial charge in [0, 0.05) is 37.6 Å². The van der Waals surface area contributed by atoms with Crippen molar-refractivity contribution in [2.75, 3.05) is 19.6 Å². The molecule has 7 rings (SSSR count). The summed E-state index contributed by atoms with van der Waals surface area (Å²) in [7, 11) is -4.62. The maximum Gasteiger partial charge on any atom is 0.240 e. The number of nitrogens with zero attached hydrogens (tertiary/aromatic N) is 2. The van der Waals surface area contributed by atoms with Crippen LogP contribution < -0.4 is 10.0 Å². The predicted octanol–water partition coefficient (Wildman–Crippen LogP) is 6.10. The molecule has 7 atom stereocenters. The summed E-state index contributed by atoms with van der Waals surface area (Å²) in [4.78, 5) is 76.2. The van der Waals surface area contributed by atoms with Crippen molar-refractivity contribution in [3.8, 4) is 0 Å². The van der Waals surface area contributed by atoms with Crippen LogP contribution in [0.1, 0.15) is 158 Å². The van der Waals surface area contributed by atoms with Gasteiger partial charge >= 0.3 is 0 Å². The van der Waals surface area contributed by atoms with Crippen LogP contribution in [0, 0.1) is 44.8 Å². The number of fused-ring (bicyclic) bond motifs is 1. The van der Waals surface area contributed by atoms with Crippen LogP contribution in [0.25, 0.3) is 0 Å². The number of carbonyl (C=O) groups is 5. The summed E-state index contributed by atoms with van der Waals surface area (Å²) < 4.78 is 67.3. The highest BCUT2D eigenvalue weighted by atomic mass is 32.2. The molecule has 7 fully saturated rings. The molecule has 3 amide bonds. The number of ketones is 2. The normalized spacial score (nSPS) is 35.4. The summed E-state index contributed by atoms with van der Waals surface area (Å²) in [6, 6.07) is -2.50. The number of sulfonamides is 1. The van der Waals surface area contributed by atoms with Gasteiger partial charge in [0.25, 0.3) is 0 Å². The Balaban J connectivity index is 1.16. The Morgan fingerprint density at radius 2 is 1.63 bits per heavy atom. The molecule has 11 nitrogen and oxygen atoms in total. The molecule has 5 saturated carbocycles. The minimum absolute atomic E-state index is 0.0561. The van der Waals surface area contributed by atoms with Crippen molar-refractivity contribution < 1.29 is 39.2 Å². The van der Waals surface area contributed by atoms with Gasteiger partial charge in [0.05, 0.1) is 28.3 Å². The van der Waals surface area contributed by atoms with Gasteiger partial charge in [-0.3, -0.25) is 33.6 Å². The summed E-state index contributed by atoms with van der Waals surface area (Å²) in [5.41, 5.74) is -2.82. The van der Waals surface area contributed by atoms with Crippen LogP contribution in [0.5, 0.6) is 0 Å². The fourth-order valence-corrected chi connectivity index (χ4v) is 13.5. The minimum Gasteiger partial charge on any atom is -0.345 e. The Kier molecular flexibility index (Phi) is 9.26. The number of nitrogens with one attached hydrogen (secondary N) is 2. The second-order valence-electron chi connectivity index (χ2n) is 20.7. The van der Waals surface area contributed by atoms with E-state index in [1.54, 1.807) is 9.80 Å². The van der Waals surface area contributed by atoms with Crippen molar-refractivity contribution >= 4 is 39.3 Å². The van der Waals surface area contributed by atoms with Crippen molar-refractivity contribution in [1.29, 1.82) is 0 Å². The van der Waals surface area contributed by atoms with Crippen molar-refractivity contribution in [3.05, 3.63) is 12.7 Å². The first kappa shape index (κ1) is 36.3. The van der Waals surface area contributed by atoms with Crippen molar-refractivity contribution in [2.24, 2.45) is 44.8 Å². The Morgan fingerprint density at radius 3 is 2.16 bits per heavy atom. The first-order valence-corrected chi connectivity index (χ1v) is 23.2. The number of amides is 3. The summed E-state index contributed by atoms with van der Waals surface area (Å²) >= 11 is 0. The van der Waals surface area contributed by atoms with Gasteiger partial charge in [-0.25, -0.2) is 8.42 Å². The van der Waals surface area contributed by atoms with Crippen molar-refractivity contribution in [3.63, 3.8) is 0 Å². The number of hydrogen-bond acceptors (Lipinski definition) is 8. The second kappa shape index (κ2) is 14.5. The second-order valence-corrected chi connectivity index (χ2v) is 22.6. The molecule has 2 saturated heterocycles. The number of likely N-dealkylation sites (tertiary alicyclic amines) is 2. The maximum absolute atomic E-state index is 15.4. The minimum atomic E-state index is -4.62. The Hall–Kier alpha value is -2.60. The van der Waals surface area contributed by atoms with Gasteiger partial charge < -0.3 is 10.2 Å². The van der Waals surface area contributed by atoms with Crippen LogP contribution in [0.4, 0.5) is 0 Å². The third-order valence-electron chi connectivity index (χ3n) is 16.6. The van der Waals surface area contributed by atoms with Crippen LogP contribution >= 0.6 is 0 Å². The van der Waals surface area contributed by atoms with Gasteiger partial charge in [-0.2, -0.15) is 0 Å². The molecule has 12 heteroatoms. The summed E-state index contributed by atoms with van der Waals surface area (Å²) in [5.74, 6) is -3.79. The zero-order chi connectivity index (χ0) is 45.9. The van der Waals surface area contributed by atoms with E-state index in [1.165, 1.54) is 13.0 Å². The van der Waals surface area contributed by atoms with Gasteiger partial charge in [0.1, 0.15) is 0 Å². The zero-order valence-electron chi connectivity index (χ0n) is 40.1. The lowest BCUT2D eigenvalue weighted by Crippen LogP contribution is -2.54. The summed E-state index contributed by atoms with van der Waals surface area (Å²) in [5, 5.41) is 3.08. The van der Waals surface area contributed by atoms with Crippen LogP contribution in [-0.2, 0) is 34.0 Å².